The molecule has 0 amide bonds. The molecule has 0 bridgehead atoms. The lowest BCUT2D eigenvalue weighted by Crippen LogP contribution is -2.58. The quantitative estimate of drug-likeness (QED) is 0.724. The second-order valence-corrected chi connectivity index (χ2v) is 16.7. The normalized spacial score (nSPS) is 12.7. The van der Waals surface area contributed by atoms with Gasteiger partial charge in [-0.25, -0.2) is 0 Å². The van der Waals surface area contributed by atoms with E-state index >= 15 is 0 Å². The molecule has 0 spiro atoms. The van der Waals surface area contributed by atoms with E-state index in [-0.39, 0.29) is 0 Å². The molecular formula is C16H32N2Si2. The molecule has 4 heteroatoms. The van der Waals surface area contributed by atoms with E-state index in [9.17, 15) is 0 Å². The molecule has 20 heavy (non-hydrogen) atoms. The Hall–Kier alpha value is -0.426. The molecule has 114 valence electrons. The lowest BCUT2D eigenvalue weighted by molar-refractivity contribution is 0.913. The molecule has 0 saturated heterocycles. The summed E-state index contributed by atoms with van der Waals surface area (Å²) in [4.78, 5) is 0. The molecule has 0 heterocycles. The minimum absolute atomic E-state index is 0.812. The Kier molecular flexibility index (Phi) is 6.65. The first-order chi connectivity index (χ1) is 9.35. The highest BCUT2D eigenvalue weighted by atomic mass is 28.3. The summed E-state index contributed by atoms with van der Waals surface area (Å²) in [6.07, 6.45) is 2.30. The van der Waals surface area contributed by atoms with Gasteiger partial charge in [0, 0.05) is 0 Å². The summed E-state index contributed by atoms with van der Waals surface area (Å²) in [6, 6.07) is 11.8. The highest BCUT2D eigenvalue weighted by Gasteiger charge is 2.32. The molecule has 0 fully saturated rings. The van der Waals surface area contributed by atoms with Crippen LogP contribution in [0.15, 0.2) is 24.3 Å². The Morgan fingerprint density at radius 1 is 0.750 bits per heavy atom. The minimum Gasteiger partial charge on any atom is -0.330 e. The number of nitrogens with two attached hydrogens (primary N) is 2. The first-order valence-electron chi connectivity index (χ1n) is 7.85. The average Bonchev–Trinajstić information content (AvgIpc) is 2.43. The summed E-state index contributed by atoms with van der Waals surface area (Å²) in [5.74, 6) is 0. The van der Waals surface area contributed by atoms with Crippen molar-refractivity contribution >= 4 is 26.5 Å². The summed E-state index contributed by atoms with van der Waals surface area (Å²) >= 11 is 0. The Morgan fingerprint density at radius 3 is 1.40 bits per heavy atom. The van der Waals surface area contributed by atoms with Crippen LogP contribution in [0, 0.1) is 0 Å². The number of hydrogen-bond donors (Lipinski definition) is 2. The number of benzene rings is 1. The van der Waals surface area contributed by atoms with Crippen molar-refractivity contribution in [2.75, 3.05) is 13.1 Å². The molecule has 0 aliphatic heterocycles. The van der Waals surface area contributed by atoms with Gasteiger partial charge in [-0.2, -0.15) is 0 Å². The van der Waals surface area contributed by atoms with Crippen LogP contribution >= 0.6 is 0 Å². The van der Waals surface area contributed by atoms with Crippen LogP contribution in [-0.2, 0) is 0 Å². The maximum absolute atomic E-state index is 5.72. The van der Waals surface area contributed by atoms with Gasteiger partial charge in [0.2, 0.25) is 0 Å². The highest BCUT2D eigenvalue weighted by Crippen LogP contribution is 2.16. The fraction of sp³-hybridized carbons (Fsp3) is 0.625. The van der Waals surface area contributed by atoms with Gasteiger partial charge in [-0.05, 0) is 25.9 Å². The average molecular weight is 309 g/mol. The molecule has 0 atom stereocenters. The summed E-state index contributed by atoms with van der Waals surface area (Å²) in [6.45, 7) is 11.6. The molecule has 0 unspecified atom stereocenters. The lowest BCUT2D eigenvalue weighted by Gasteiger charge is -2.32. The predicted octanol–water partition coefficient (Wildman–Crippen LogP) is 2.21. The fourth-order valence-electron chi connectivity index (χ4n) is 3.02. The molecule has 0 aromatic heterocycles. The molecule has 1 aromatic carbocycles. The lowest BCUT2D eigenvalue weighted by atomic mass is 10.4. The third-order valence-corrected chi connectivity index (χ3v) is 11.6. The smallest absolute Gasteiger partial charge is 0.0805 e. The maximum atomic E-state index is 5.72. The second-order valence-electron chi connectivity index (χ2n) is 7.10. The van der Waals surface area contributed by atoms with E-state index in [2.05, 4.69) is 50.5 Å². The first-order valence-corrected chi connectivity index (χ1v) is 14.3. The zero-order valence-electron chi connectivity index (χ0n) is 13.7. The van der Waals surface area contributed by atoms with Crippen LogP contribution in [0.2, 0.25) is 38.3 Å². The Morgan fingerprint density at radius 2 is 1.10 bits per heavy atom. The number of hydrogen-bond acceptors (Lipinski definition) is 2. The van der Waals surface area contributed by atoms with Crippen molar-refractivity contribution in [3.8, 4) is 0 Å². The van der Waals surface area contributed by atoms with Crippen LogP contribution < -0.4 is 21.8 Å². The maximum Gasteiger partial charge on any atom is 0.0805 e. The molecular weight excluding hydrogens is 276 g/mol. The molecule has 0 aliphatic carbocycles. The van der Waals surface area contributed by atoms with Crippen molar-refractivity contribution < 1.29 is 0 Å². The van der Waals surface area contributed by atoms with E-state index in [4.69, 9.17) is 11.5 Å². The summed E-state index contributed by atoms with van der Waals surface area (Å²) in [5.41, 5.74) is 11.4. The predicted molar refractivity (Wildman–Crippen MR) is 97.6 cm³/mol. The van der Waals surface area contributed by atoms with Crippen LogP contribution in [0.1, 0.15) is 12.8 Å². The van der Waals surface area contributed by atoms with Crippen LogP contribution in [0.3, 0.4) is 0 Å². The third-order valence-electron chi connectivity index (χ3n) is 4.40. The van der Waals surface area contributed by atoms with E-state index < -0.39 is 16.1 Å². The summed E-state index contributed by atoms with van der Waals surface area (Å²) < 4.78 is 0. The van der Waals surface area contributed by atoms with Crippen molar-refractivity contribution in [2.45, 2.75) is 51.1 Å². The summed E-state index contributed by atoms with van der Waals surface area (Å²) in [5, 5.41) is 3.34. The second kappa shape index (κ2) is 7.54. The molecule has 2 nitrogen and oxygen atoms in total. The van der Waals surface area contributed by atoms with E-state index in [1.165, 1.54) is 12.1 Å². The van der Waals surface area contributed by atoms with Gasteiger partial charge in [0.1, 0.15) is 0 Å². The molecule has 1 aromatic rings. The summed E-state index contributed by atoms with van der Waals surface area (Å²) in [7, 11) is -2.74. The Balaban J connectivity index is 3.09. The fourth-order valence-corrected chi connectivity index (χ4v) is 10.5. The van der Waals surface area contributed by atoms with Gasteiger partial charge < -0.3 is 11.5 Å². The van der Waals surface area contributed by atoms with E-state index in [1.54, 1.807) is 10.4 Å². The van der Waals surface area contributed by atoms with Crippen molar-refractivity contribution in [3.63, 3.8) is 0 Å². The molecule has 0 saturated carbocycles. The van der Waals surface area contributed by atoms with Gasteiger partial charge in [-0.15, -0.1) is 0 Å². The van der Waals surface area contributed by atoms with Crippen LogP contribution in [0.5, 0.6) is 0 Å². The third kappa shape index (κ3) is 4.55. The Bertz CT molecular complexity index is 378. The number of rotatable bonds is 8. The zero-order valence-corrected chi connectivity index (χ0v) is 15.7. The molecule has 1 rings (SSSR count). The standard InChI is InChI=1S/C16H32N2Si2/c1-19(2,13-7-11-17)15-9-5-6-10-16(15)20(3,4)14-8-12-18/h5-6,9-10H,7-8,11-14,17-18H2,1-4H3. The van der Waals surface area contributed by atoms with Gasteiger partial charge in [0.15, 0.2) is 0 Å². The topological polar surface area (TPSA) is 52.0 Å². The van der Waals surface area contributed by atoms with Crippen molar-refractivity contribution in [3.05, 3.63) is 24.3 Å². The van der Waals surface area contributed by atoms with Gasteiger partial charge in [0.05, 0.1) is 16.1 Å². The van der Waals surface area contributed by atoms with Gasteiger partial charge >= 0.3 is 0 Å². The largest absolute Gasteiger partial charge is 0.330 e. The monoisotopic (exact) mass is 308 g/mol. The zero-order chi connectivity index (χ0) is 15.2. The van der Waals surface area contributed by atoms with E-state index in [0.29, 0.717) is 0 Å². The highest BCUT2D eigenvalue weighted by molar-refractivity contribution is 6.99. The van der Waals surface area contributed by atoms with Gasteiger partial charge in [0.25, 0.3) is 0 Å². The van der Waals surface area contributed by atoms with Crippen molar-refractivity contribution in [1.82, 2.24) is 0 Å². The van der Waals surface area contributed by atoms with Crippen LogP contribution in [0.25, 0.3) is 0 Å². The molecule has 0 aliphatic rings. The first kappa shape index (κ1) is 17.6. The van der Waals surface area contributed by atoms with E-state index in [1.807, 2.05) is 0 Å². The van der Waals surface area contributed by atoms with Crippen molar-refractivity contribution in [1.29, 1.82) is 0 Å². The van der Waals surface area contributed by atoms with Crippen LogP contribution in [-0.4, -0.2) is 29.2 Å². The van der Waals surface area contributed by atoms with Gasteiger partial charge in [-0.1, -0.05) is 72.9 Å². The van der Waals surface area contributed by atoms with Crippen molar-refractivity contribution in [2.24, 2.45) is 11.5 Å². The van der Waals surface area contributed by atoms with E-state index in [0.717, 1.165) is 25.9 Å². The SMILES string of the molecule is C[Si](C)(CCCN)c1ccccc1[Si](C)(C)CCCN. The van der Waals surface area contributed by atoms with Gasteiger partial charge in [-0.3, -0.25) is 0 Å². The Labute approximate surface area is 127 Å². The van der Waals surface area contributed by atoms with Crippen LogP contribution in [0.4, 0.5) is 0 Å². The molecule has 0 radical (unpaired) electrons. The molecule has 4 N–H and O–H groups in total. The minimum atomic E-state index is -1.37.